The first-order valence-corrected chi connectivity index (χ1v) is 5.95. The molecule has 0 amide bonds. The van der Waals surface area contributed by atoms with Crippen molar-refractivity contribution in [3.8, 4) is 0 Å². The number of hydrogen-bond acceptors (Lipinski definition) is 3. The predicted molar refractivity (Wildman–Crippen MR) is 63.9 cm³/mol. The fraction of sp³-hybridized carbons (Fsp3) is 0.364. The Balaban J connectivity index is 2.73. The third-order valence-corrected chi connectivity index (χ3v) is 3.63. The van der Waals surface area contributed by atoms with Gasteiger partial charge in [0.15, 0.2) is 0 Å². The lowest BCUT2D eigenvalue weighted by Gasteiger charge is -2.10. The lowest BCUT2D eigenvalue weighted by Crippen LogP contribution is -1.99. The van der Waals surface area contributed by atoms with Gasteiger partial charge in [0.2, 0.25) is 0 Å². The highest BCUT2D eigenvalue weighted by Gasteiger charge is 2.07. The quantitative estimate of drug-likeness (QED) is 0.639. The summed E-state index contributed by atoms with van der Waals surface area (Å²) >= 11 is 7.62. The summed E-state index contributed by atoms with van der Waals surface area (Å²) in [6.45, 7) is 2.21. The molecule has 15 heavy (non-hydrogen) atoms. The molecule has 0 aliphatic rings. The summed E-state index contributed by atoms with van der Waals surface area (Å²) in [5.74, 6) is 0. The molecule has 0 aliphatic heterocycles. The van der Waals surface area contributed by atoms with Gasteiger partial charge in [-0.05, 0) is 18.6 Å². The van der Waals surface area contributed by atoms with E-state index in [0.717, 1.165) is 17.6 Å². The topological polar surface area (TPSA) is 37.3 Å². The van der Waals surface area contributed by atoms with Gasteiger partial charge in [0.1, 0.15) is 6.29 Å². The molecule has 0 saturated heterocycles. The van der Waals surface area contributed by atoms with Crippen molar-refractivity contribution in [2.24, 2.45) is 0 Å². The smallest absolute Gasteiger partial charge is 0.150 e. The highest BCUT2D eigenvalue weighted by Crippen LogP contribution is 2.31. The van der Waals surface area contributed by atoms with Gasteiger partial charge in [-0.3, -0.25) is 4.79 Å². The van der Waals surface area contributed by atoms with Crippen LogP contribution in [0.25, 0.3) is 0 Å². The van der Waals surface area contributed by atoms with Crippen LogP contribution in [0.3, 0.4) is 0 Å². The summed E-state index contributed by atoms with van der Waals surface area (Å²) in [4.78, 5) is 11.4. The Hall–Kier alpha value is -0.510. The van der Waals surface area contributed by atoms with Crippen molar-refractivity contribution < 1.29 is 9.90 Å². The molecule has 1 N–H and O–H groups in total. The van der Waals surface area contributed by atoms with Crippen LogP contribution in [0.1, 0.15) is 23.7 Å². The molecule has 0 aliphatic carbocycles. The number of rotatable bonds is 5. The van der Waals surface area contributed by atoms with E-state index in [9.17, 15) is 4.79 Å². The Morgan fingerprint density at radius 1 is 1.60 bits per heavy atom. The molecule has 0 fully saturated rings. The number of carbonyl (C=O) groups is 1. The SMILES string of the molecule is CC(CCO)Sc1ccc(C=O)cc1Cl. The maximum atomic E-state index is 10.5. The second-order valence-corrected chi connectivity index (χ2v) is 5.14. The number of thioether (sulfide) groups is 1. The van der Waals surface area contributed by atoms with Crippen molar-refractivity contribution in [2.75, 3.05) is 6.61 Å². The van der Waals surface area contributed by atoms with E-state index in [4.69, 9.17) is 16.7 Å². The number of aldehydes is 1. The summed E-state index contributed by atoms with van der Waals surface area (Å²) in [6, 6.07) is 5.24. The van der Waals surface area contributed by atoms with Gasteiger partial charge >= 0.3 is 0 Å². The zero-order valence-corrected chi connectivity index (χ0v) is 10.0. The largest absolute Gasteiger partial charge is 0.396 e. The van der Waals surface area contributed by atoms with E-state index < -0.39 is 0 Å². The van der Waals surface area contributed by atoms with E-state index in [1.165, 1.54) is 0 Å². The Morgan fingerprint density at radius 2 is 2.33 bits per heavy atom. The van der Waals surface area contributed by atoms with Crippen LogP contribution in [0.5, 0.6) is 0 Å². The van der Waals surface area contributed by atoms with Crippen LogP contribution in [0, 0.1) is 0 Å². The first kappa shape index (κ1) is 12.6. The third kappa shape index (κ3) is 3.86. The van der Waals surface area contributed by atoms with Crippen molar-refractivity contribution in [3.05, 3.63) is 28.8 Å². The maximum Gasteiger partial charge on any atom is 0.150 e. The second kappa shape index (κ2) is 6.16. The number of hydrogen-bond donors (Lipinski definition) is 1. The minimum atomic E-state index is 0.179. The normalized spacial score (nSPS) is 12.5. The monoisotopic (exact) mass is 244 g/mol. The zero-order chi connectivity index (χ0) is 11.3. The van der Waals surface area contributed by atoms with Crippen LogP contribution in [0.15, 0.2) is 23.1 Å². The van der Waals surface area contributed by atoms with Gasteiger partial charge in [-0.15, -0.1) is 11.8 Å². The Labute approximate surface area is 98.6 Å². The van der Waals surface area contributed by atoms with Crippen LogP contribution in [0.4, 0.5) is 0 Å². The molecule has 2 nitrogen and oxygen atoms in total. The molecular weight excluding hydrogens is 232 g/mol. The number of benzene rings is 1. The van der Waals surface area contributed by atoms with E-state index >= 15 is 0 Å². The summed E-state index contributed by atoms with van der Waals surface area (Å²) < 4.78 is 0. The van der Waals surface area contributed by atoms with E-state index in [1.54, 1.807) is 23.9 Å². The van der Waals surface area contributed by atoms with E-state index in [0.29, 0.717) is 15.8 Å². The first-order valence-electron chi connectivity index (χ1n) is 4.69. The standard InChI is InChI=1S/C11H13ClO2S/c1-8(4-5-13)15-11-3-2-9(7-14)6-10(11)12/h2-3,6-8,13H,4-5H2,1H3. The summed E-state index contributed by atoms with van der Waals surface area (Å²) in [7, 11) is 0. The van der Waals surface area contributed by atoms with Crippen LogP contribution in [-0.4, -0.2) is 23.2 Å². The fourth-order valence-electron chi connectivity index (χ4n) is 1.14. The van der Waals surface area contributed by atoms with Gasteiger partial charge in [0, 0.05) is 22.3 Å². The molecule has 82 valence electrons. The van der Waals surface area contributed by atoms with E-state index in [-0.39, 0.29) is 6.61 Å². The molecule has 0 radical (unpaired) electrons. The van der Waals surface area contributed by atoms with Gasteiger partial charge < -0.3 is 5.11 Å². The molecule has 0 aromatic heterocycles. The van der Waals surface area contributed by atoms with Crippen molar-refractivity contribution in [2.45, 2.75) is 23.5 Å². The maximum absolute atomic E-state index is 10.5. The molecule has 0 bridgehead atoms. The van der Waals surface area contributed by atoms with Crippen molar-refractivity contribution in [1.29, 1.82) is 0 Å². The number of halogens is 1. The average molecular weight is 245 g/mol. The number of aliphatic hydroxyl groups excluding tert-OH is 1. The van der Waals surface area contributed by atoms with Crippen molar-refractivity contribution in [1.82, 2.24) is 0 Å². The Bertz CT molecular complexity index is 341. The third-order valence-electron chi connectivity index (χ3n) is 1.96. The zero-order valence-electron chi connectivity index (χ0n) is 8.44. The fourth-order valence-corrected chi connectivity index (χ4v) is 2.44. The van der Waals surface area contributed by atoms with Gasteiger partial charge in [0.05, 0.1) is 5.02 Å². The molecule has 4 heteroatoms. The van der Waals surface area contributed by atoms with Gasteiger partial charge in [-0.25, -0.2) is 0 Å². The van der Waals surface area contributed by atoms with Crippen LogP contribution in [-0.2, 0) is 0 Å². The molecule has 1 atom stereocenters. The summed E-state index contributed by atoms with van der Waals surface area (Å²) in [5, 5.41) is 9.68. The highest BCUT2D eigenvalue weighted by molar-refractivity contribution is 8.00. The van der Waals surface area contributed by atoms with Crippen LogP contribution in [0.2, 0.25) is 5.02 Å². The lowest BCUT2D eigenvalue weighted by atomic mass is 10.2. The van der Waals surface area contributed by atoms with Crippen molar-refractivity contribution >= 4 is 29.6 Å². The van der Waals surface area contributed by atoms with Crippen LogP contribution < -0.4 is 0 Å². The second-order valence-electron chi connectivity index (χ2n) is 3.25. The molecule has 1 aromatic rings. The minimum absolute atomic E-state index is 0.179. The van der Waals surface area contributed by atoms with Gasteiger partial charge in [-0.1, -0.05) is 24.6 Å². The van der Waals surface area contributed by atoms with Crippen LogP contribution >= 0.6 is 23.4 Å². The number of aliphatic hydroxyl groups is 1. The minimum Gasteiger partial charge on any atom is -0.396 e. The highest BCUT2D eigenvalue weighted by atomic mass is 35.5. The number of carbonyl (C=O) groups excluding carboxylic acids is 1. The van der Waals surface area contributed by atoms with E-state index in [2.05, 4.69) is 0 Å². The Morgan fingerprint density at radius 3 is 2.87 bits per heavy atom. The molecule has 0 spiro atoms. The predicted octanol–water partition coefficient (Wildman–Crippen LogP) is 3.02. The molecule has 1 aromatic carbocycles. The Kier molecular flexibility index (Phi) is 5.15. The lowest BCUT2D eigenvalue weighted by molar-refractivity contribution is 0.112. The summed E-state index contributed by atoms with van der Waals surface area (Å²) in [6.07, 6.45) is 1.51. The average Bonchev–Trinajstić information content (AvgIpc) is 2.21. The van der Waals surface area contributed by atoms with Gasteiger partial charge in [0.25, 0.3) is 0 Å². The summed E-state index contributed by atoms with van der Waals surface area (Å²) in [5.41, 5.74) is 0.583. The van der Waals surface area contributed by atoms with Crippen molar-refractivity contribution in [3.63, 3.8) is 0 Å². The molecular formula is C11H13ClO2S. The molecule has 0 saturated carbocycles. The molecule has 1 unspecified atom stereocenters. The van der Waals surface area contributed by atoms with E-state index in [1.807, 2.05) is 13.0 Å². The molecule has 0 heterocycles. The molecule has 1 rings (SSSR count). The van der Waals surface area contributed by atoms with Gasteiger partial charge in [-0.2, -0.15) is 0 Å². The first-order chi connectivity index (χ1) is 7.17.